The zero-order valence-electron chi connectivity index (χ0n) is 21.2. The minimum atomic E-state index is -0.902. The Balaban J connectivity index is 1.48. The number of hydrogen-bond acceptors (Lipinski definition) is 8. The number of nitrogens with zero attached hydrogens (tertiary/aromatic N) is 3. The van der Waals surface area contributed by atoms with Gasteiger partial charge in [-0.1, -0.05) is 0 Å². The molecular formula is C26H33N3O7. The van der Waals surface area contributed by atoms with Crippen molar-refractivity contribution in [3.05, 3.63) is 52.7 Å². The fraction of sp³-hybridized carbons (Fsp3) is 0.462. The van der Waals surface area contributed by atoms with Gasteiger partial charge in [-0.25, -0.2) is 5.21 Å². The molecule has 0 aromatic heterocycles. The summed E-state index contributed by atoms with van der Waals surface area (Å²) in [6.07, 6.45) is 1.54. The Morgan fingerprint density at radius 2 is 1.78 bits per heavy atom. The van der Waals surface area contributed by atoms with Gasteiger partial charge in [0.15, 0.2) is 28.5 Å². The van der Waals surface area contributed by atoms with Crippen LogP contribution in [0.15, 0.2) is 36.4 Å². The van der Waals surface area contributed by atoms with Crippen LogP contribution in [-0.4, -0.2) is 79.2 Å². The highest BCUT2D eigenvalue weighted by molar-refractivity contribution is 5.97. The molecule has 1 unspecified atom stereocenters. The number of phenolic OH excluding ortho intramolecular Hbond substituents is 2. The third-order valence-corrected chi connectivity index (χ3v) is 7.64. The number of amides is 1. The van der Waals surface area contributed by atoms with E-state index in [1.165, 1.54) is 19.2 Å². The van der Waals surface area contributed by atoms with Gasteiger partial charge in [-0.2, -0.15) is 0 Å². The lowest BCUT2D eigenvalue weighted by molar-refractivity contribution is -0.539. The fourth-order valence-corrected chi connectivity index (χ4v) is 4.59. The average molecular weight is 500 g/mol. The largest absolute Gasteiger partial charge is 0.714 e. The van der Waals surface area contributed by atoms with Crippen molar-refractivity contribution >= 4 is 11.7 Å². The van der Waals surface area contributed by atoms with Crippen molar-refractivity contribution in [2.24, 2.45) is 0 Å². The van der Waals surface area contributed by atoms with E-state index >= 15 is 0 Å². The first-order valence-electron chi connectivity index (χ1n) is 11.9. The third-order valence-electron chi connectivity index (χ3n) is 7.64. The monoisotopic (exact) mass is 499 g/mol. The predicted octanol–water partition coefficient (Wildman–Crippen LogP) is 3.31. The second-order valence-corrected chi connectivity index (χ2v) is 10.2. The van der Waals surface area contributed by atoms with Crippen molar-refractivity contribution < 1.29 is 34.4 Å². The molecule has 1 amide bonds. The summed E-state index contributed by atoms with van der Waals surface area (Å²) in [6.45, 7) is 7.75. The molecule has 2 aliphatic heterocycles. The smallest absolute Gasteiger partial charge is 0.313 e. The minimum absolute atomic E-state index is 0.0437. The first-order valence-corrected chi connectivity index (χ1v) is 11.9. The van der Waals surface area contributed by atoms with Crippen LogP contribution >= 0.6 is 0 Å². The summed E-state index contributed by atoms with van der Waals surface area (Å²) in [5, 5.41) is 45.2. The van der Waals surface area contributed by atoms with E-state index in [0.29, 0.717) is 23.4 Å². The maximum absolute atomic E-state index is 13.0. The van der Waals surface area contributed by atoms with Crippen LogP contribution in [0.4, 0.5) is 0 Å². The van der Waals surface area contributed by atoms with Gasteiger partial charge in [0.05, 0.1) is 18.7 Å². The van der Waals surface area contributed by atoms with E-state index in [2.05, 4.69) is 0 Å². The zero-order valence-corrected chi connectivity index (χ0v) is 21.2. The average Bonchev–Trinajstić information content (AvgIpc) is 3.35. The standard InChI is InChI=1S/C26H33N3O7/c1-25(2)26(3,4)29(34)23(28(25)33)16-8-11-22(20(31)13-16)36-15-18-7-6-12-27(18)24(32)17-9-10-21(35-5)19(30)14-17/h8-11,13-14,18,30-31,33H,6-7,12,15H2,1-5H3. The second-order valence-electron chi connectivity index (χ2n) is 10.2. The molecule has 1 fully saturated rings. The van der Waals surface area contributed by atoms with Crippen LogP contribution in [0.3, 0.4) is 0 Å². The molecule has 2 aromatic carbocycles. The predicted molar refractivity (Wildman–Crippen MR) is 132 cm³/mol. The number of ether oxygens (including phenoxy) is 2. The molecule has 1 atom stereocenters. The van der Waals surface area contributed by atoms with Gasteiger partial charge in [0, 0.05) is 12.1 Å². The van der Waals surface area contributed by atoms with Crippen LogP contribution in [0.2, 0.25) is 0 Å². The number of amidine groups is 1. The van der Waals surface area contributed by atoms with Crippen molar-refractivity contribution in [3.8, 4) is 23.0 Å². The highest BCUT2D eigenvalue weighted by Crippen LogP contribution is 2.38. The SMILES string of the molecule is COc1ccc(C(=O)N2CCCC2COc2ccc(C3=[N+]([O-])C(C)(C)C(C)(C)N3O)cc2O)cc1O. The molecule has 194 valence electrons. The molecule has 2 heterocycles. The zero-order chi connectivity index (χ0) is 26.4. The second kappa shape index (κ2) is 9.09. The topological polar surface area (TPSA) is 129 Å². The van der Waals surface area contributed by atoms with Crippen LogP contribution in [0, 0.1) is 5.21 Å². The normalized spacial score (nSPS) is 20.7. The van der Waals surface area contributed by atoms with Gasteiger partial charge in [-0.05, 0) is 76.9 Å². The Morgan fingerprint density at radius 1 is 1.11 bits per heavy atom. The lowest BCUT2D eigenvalue weighted by atomic mass is 9.84. The molecule has 0 radical (unpaired) electrons. The summed E-state index contributed by atoms with van der Waals surface area (Å²) in [5.74, 6) is 0.0334. The highest BCUT2D eigenvalue weighted by Gasteiger charge is 2.58. The summed E-state index contributed by atoms with van der Waals surface area (Å²) in [7, 11) is 1.44. The molecular weight excluding hydrogens is 466 g/mol. The Morgan fingerprint density at radius 3 is 2.36 bits per heavy atom. The minimum Gasteiger partial charge on any atom is -0.714 e. The first-order chi connectivity index (χ1) is 16.9. The molecule has 10 nitrogen and oxygen atoms in total. The van der Waals surface area contributed by atoms with E-state index < -0.39 is 11.1 Å². The van der Waals surface area contributed by atoms with Gasteiger partial charge < -0.3 is 29.8 Å². The number of hydrogen-bond donors (Lipinski definition) is 3. The third kappa shape index (κ3) is 4.05. The van der Waals surface area contributed by atoms with E-state index in [1.54, 1.807) is 56.9 Å². The molecule has 0 bridgehead atoms. The molecule has 10 heteroatoms. The van der Waals surface area contributed by atoms with Gasteiger partial charge in [0.25, 0.3) is 5.91 Å². The van der Waals surface area contributed by atoms with E-state index in [1.807, 2.05) is 0 Å². The Bertz CT molecular complexity index is 1210. The number of aromatic hydroxyl groups is 2. The quantitative estimate of drug-likeness (QED) is 0.408. The number of carbonyl (C=O) groups excluding carboxylic acids is 1. The van der Waals surface area contributed by atoms with E-state index in [9.17, 15) is 25.4 Å². The van der Waals surface area contributed by atoms with Crippen LogP contribution in [0.25, 0.3) is 0 Å². The summed E-state index contributed by atoms with van der Waals surface area (Å²) in [4.78, 5) is 14.7. The number of phenols is 2. The molecule has 3 N–H and O–H groups in total. The van der Waals surface area contributed by atoms with Gasteiger partial charge in [-0.15, -0.1) is 5.06 Å². The lowest BCUT2D eigenvalue weighted by Gasteiger charge is -2.33. The van der Waals surface area contributed by atoms with E-state index in [0.717, 1.165) is 22.6 Å². The van der Waals surface area contributed by atoms with Crippen molar-refractivity contribution in [1.29, 1.82) is 0 Å². The molecule has 0 spiro atoms. The number of methoxy groups -OCH3 is 1. The van der Waals surface area contributed by atoms with E-state index in [4.69, 9.17) is 9.47 Å². The highest BCUT2D eigenvalue weighted by atomic mass is 16.5. The lowest BCUT2D eigenvalue weighted by Crippen LogP contribution is -2.53. The van der Waals surface area contributed by atoms with Crippen molar-refractivity contribution in [2.75, 3.05) is 20.3 Å². The molecule has 2 aliphatic rings. The number of benzene rings is 2. The Labute approximate surface area is 210 Å². The van der Waals surface area contributed by atoms with Crippen molar-refractivity contribution in [2.45, 2.75) is 57.7 Å². The number of likely N-dealkylation sites (tertiary alicyclic amines) is 1. The summed E-state index contributed by atoms with van der Waals surface area (Å²) < 4.78 is 11.7. The van der Waals surface area contributed by atoms with Gasteiger partial charge >= 0.3 is 5.84 Å². The first kappa shape index (κ1) is 25.4. The maximum atomic E-state index is 13.0. The fourth-order valence-electron chi connectivity index (χ4n) is 4.59. The Hall–Kier alpha value is -3.66. The van der Waals surface area contributed by atoms with Gasteiger partial charge in [0.1, 0.15) is 12.1 Å². The van der Waals surface area contributed by atoms with Crippen LogP contribution in [0.5, 0.6) is 23.0 Å². The molecule has 1 saturated heterocycles. The van der Waals surface area contributed by atoms with Gasteiger partial charge in [-0.3, -0.25) is 9.53 Å². The summed E-state index contributed by atoms with van der Waals surface area (Å²) >= 11 is 0. The molecule has 0 saturated carbocycles. The maximum Gasteiger partial charge on any atom is 0.313 e. The number of hydroxylamine groups is 3. The molecule has 2 aromatic rings. The molecule has 4 rings (SSSR count). The van der Waals surface area contributed by atoms with Gasteiger partial charge in [0.2, 0.25) is 0 Å². The summed E-state index contributed by atoms with van der Waals surface area (Å²) in [5.41, 5.74) is -1.05. The van der Waals surface area contributed by atoms with Crippen molar-refractivity contribution in [1.82, 2.24) is 9.96 Å². The Kier molecular flexibility index (Phi) is 6.42. The summed E-state index contributed by atoms with van der Waals surface area (Å²) in [6, 6.07) is 8.85. The van der Waals surface area contributed by atoms with Crippen LogP contribution < -0.4 is 9.47 Å². The number of rotatable bonds is 6. The van der Waals surface area contributed by atoms with Crippen LogP contribution in [0.1, 0.15) is 56.5 Å². The van der Waals surface area contributed by atoms with Crippen molar-refractivity contribution in [3.63, 3.8) is 0 Å². The molecule has 0 aliphatic carbocycles. The van der Waals surface area contributed by atoms with E-state index in [-0.39, 0.29) is 41.6 Å². The van der Waals surface area contributed by atoms with Crippen LogP contribution in [-0.2, 0) is 0 Å². The number of carbonyl (C=O) groups is 1. The molecule has 36 heavy (non-hydrogen) atoms.